The topological polar surface area (TPSA) is 123 Å². The average molecular weight is 559 g/mol. The number of amides is 1. The first-order chi connectivity index (χ1) is 19.2. The van der Waals surface area contributed by atoms with Crippen molar-refractivity contribution in [3.63, 3.8) is 0 Å². The molecule has 2 aromatic heterocycles. The van der Waals surface area contributed by atoms with Gasteiger partial charge in [0, 0.05) is 23.7 Å². The van der Waals surface area contributed by atoms with E-state index in [0.29, 0.717) is 52.4 Å². The van der Waals surface area contributed by atoms with Crippen LogP contribution in [0.5, 0.6) is 11.5 Å². The second kappa shape index (κ2) is 11.1. The average Bonchev–Trinajstić information content (AvgIpc) is 3.37. The number of methoxy groups -OCH3 is 2. The van der Waals surface area contributed by atoms with E-state index >= 15 is 0 Å². The largest absolute Gasteiger partial charge is 0.497 e. The fourth-order valence-electron chi connectivity index (χ4n) is 4.62. The van der Waals surface area contributed by atoms with Gasteiger partial charge in [-0.1, -0.05) is 29.5 Å². The number of nitrogens with zero attached hydrogens (tertiary/aromatic N) is 4. The highest BCUT2D eigenvalue weighted by Crippen LogP contribution is 2.38. The Morgan fingerprint density at radius 2 is 1.93 bits per heavy atom. The molecule has 10 nitrogen and oxygen atoms in total. The Hall–Kier alpha value is -4.27. The molecule has 0 saturated carbocycles. The van der Waals surface area contributed by atoms with Crippen LogP contribution in [0.15, 0.2) is 47.6 Å². The first-order valence-electron chi connectivity index (χ1n) is 12.7. The van der Waals surface area contributed by atoms with E-state index in [1.54, 1.807) is 25.3 Å². The van der Waals surface area contributed by atoms with Gasteiger partial charge in [0.2, 0.25) is 5.91 Å². The molecule has 11 heteroatoms. The molecule has 0 spiro atoms. The number of nitriles is 1. The summed E-state index contributed by atoms with van der Waals surface area (Å²) >= 11 is 1.22. The number of hydrogen-bond acceptors (Lipinski definition) is 9. The highest BCUT2D eigenvalue weighted by molar-refractivity contribution is 7.99. The van der Waals surface area contributed by atoms with Crippen LogP contribution in [0.4, 0.5) is 17.2 Å². The van der Waals surface area contributed by atoms with Crippen molar-refractivity contribution < 1.29 is 19.0 Å². The predicted molar refractivity (Wildman–Crippen MR) is 154 cm³/mol. The summed E-state index contributed by atoms with van der Waals surface area (Å²) in [6, 6.07) is 15.5. The molecule has 5 rings (SSSR count). The van der Waals surface area contributed by atoms with Gasteiger partial charge in [-0.25, -0.2) is 0 Å². The zero-order chi connectivity index (χ0) is 28.4. The van der Waals surface area contributed by atoms with Crippen molar-refractivity contribution in [3.05, 3.63) is 64.7 Å². The number of nitrogens with one attached hydrogen (secondary N) is 2. The molecule has 2 N–H and O–H groups in total. The molecule has 40 heavy (non-hydrogen) atoms. The molecular weight excluding hydrogens is 528 g/mol. The molecule has 0 saturated heterocycles. The Morgan fingerprint density at radius 3 is 2.62 bits per heavy atom. The maximum atomic E-state index is 12.9. The van der Waals surface area contributed by atoms with Crippen LogP contribution in [-0.2, 0) is 22.6 Å². The van der Waals surface area contributed by atoms with Crippen LogP contribution in [0.1, 0.15) is 36.1 Å². The molecule has 3 heterocycles. The van der Waals surface area contributed by atoms with Crippen molar-refractivity contribution in [2.45, 2.75) is 44.6 Å². The van der Waals surface area contributed by atoms with Crippen molar-refractivity contribution in [1.29, 1.82) is 5.26 Å². The van der Waals surface area contributed by atoms with Gasteiger partial charge in [0.05, 0.1) is 43.4 Å². The van der Waals surface area contributed by atoms with Gasteiger partial charge in [-0.05, 0) is 50.6 Å². The number of thioether (sulfide) groups is 1. The van der Waals surface area contributed by atoms with Crippen molar-refractivity contribution in [2.75, 3.05) is 30.6 Å². The van der Waals surface area contributed by atoms with Gasteiger partial charge >= 0.3 is 0 Å². The van der Waals surface area contributed by atoms with E-state index in [2.05, 4.69) is 26.9 Å². The summed E-state index contributed by atoms with van der Waals surface area (Å²) in [6.45, 7) is 6.35. The minimum atomic E-state index is -0.420. The molecule has 1 aliphatic heterocycles. The number of benzene rings is 2. The zero-order valence-corrected chi connectivity index (χ0v) is 23.8. The Bertz CT molecular complexity index is 1620. The minimum Gasteiger partial charge on any atom is -0.497 e. The zero-order valence-electron chi connectivity index (χ0n) is 23.0. The van der Waals surface area contributed by atoms with E-state index < -0.39 is 5.60 Å². The summed E-state index contributed by atoms with van der Waals surface area (Å²) in [6.07, 6.45) is 0.561. The standard InChI is InChI=1S/C29H30N6O4S/c1-17-6-8-18(9-7-17)31-26-21(14-30)20-13-29(2,3)39-15-22(20)27-33-34-28(35(26)27)40-16-25(36)32-23-11-10-19(37-4)12-24(23)38-5/h6-12,31H,13,15-16H2,1-5H3,(H,32,36). The maximum Gasteiger partial charge on any atom is 0.234 e. The number of aromatic nitrogens is 3. The molecule has 0 atom stereocenters. The van der Waals surface area contributed by atoms with E-state index in [1.165, 1.54) is 18.9 Å². The number of pyridine rings is 1. The third-order valence-corrected chi connectivity index (χ3v) is 7.61. The third-order valence-electron chi connectivity index (χ3n) is 6.68. The van der Waals surface area contributed by atoms with Gasteiger partial charge < -0.3 is 24.8 Å². The molecule has 4 aromatic rings. The molecule has 1 amide bonds. The molecule has 0 aliphatic carbocycles. The lowest BCUT2D eigenvalue weighted by molar-refractivity contribution is -0.113. The summed E-state index contributed by atoms with van der Waals surface area (Å²) in [5.74, 6) is 1.48. The van der Waals surface area contributed by atoms with E-state index in [4.69, 9.17) is 14.2 Å². The molecule has 206 valence electrons. The normalized spacial score (nSPS) is 13.8. The monoisotopic (exact) mass is 558 g/mol. The van der Waals surface area contributed by atoms with Gasteiger partial charge in [0.25, 0.3) is 0 Å². The van der Waals surface area contributed by atoms with Crippen molar-refractivity contribution in [1.82, 2.24) is 14.6 Å². The molecule has 0 unspecified atom stereocenters. The summed E-state index contributed by atoms with van der Waals surface area (Å²) in [5, 5.41) is 26.0. The number of fused-ring (bicyclic) bond motifs is 3. The molecule has 1 aliphatic rings. The minimum absolute atomic E-state index is 0.0580. The fourth-order valence-corrected chi connectivity index (χ4v) is 5.36. The third kappa shape index (κ3) is 5.41. The SMILES string of the molecule is COc1ccc(NC(=O)CSc2nnc3c4c(c(C#N)c(Nc5ccc(C)cc5)n23)CC(C)(C)OC4)c(OC)c1. The number of carbonyl (C=O) groups excluding carboxylic acids is 1. The second-order valence-electron chi connectivity index (χ2n) is 10.1. The molecule has 0 radical (unpaired) electrons. The molecule has 0 bridgehead atoms. The molecule has 2 aromatic carbocycles. The first kappa shape index (κ1) is 27.3. The van der Waals surface area contributed by atoms with Crippen molar-refractivity contribution >= 4 is 40.5 Å². The maximum absolute atomic E-state index is 12.9. The molecule has 0 fully saturated rings. The van der Waals surface area contributed by atoms with Crippen LogP contribution in [0.3, 0.4) is 0 Å². The van der Waals surface area contributed by atoms with Gasteiger partial charge in [0.15, 0.2) is 10.8 Å². The predicted octanol–water partition coefficient (Wildman–Crippen LogP) is 5.25. The van der Waals surface area contributed by atoms with Crippen molar-refractivity contribution in [3.8, 4) is 17.6 Å². The van der Waals surface area contributed by atoms with E-state index in [9.17, 15) is 10.1 Å². The Morgan fingerprint density at radius 1 is 1.15 bits per heavy atom. The number of anilines is 3. The van der Waals surface area contributed by atoms with Crippen LogP contribution in [0.2, 0.25) is 0 Å². The Balaban J connectivity index is 1.50. The summed E-state index contributed by atoms with van der Waals surface area (Å²) < 4.78 is 18.5. The number of ether oxygens (including phenoxy) is 3. The van der Waals surface area contributed by atoms with E-state index in [0.717, 1.165) is 22.4 Å². The van der Waals surface area contributed by atoms with Crippen LogP contribution < -0.4 is 20.1 Å². The highest BCUT2D eigenvalue weighted by Gasteiger charge is 2.33. The smallest absolute Gasteiger partial charge is 0.234 e. The number of carbonyl (C=O) groups is 1. The van der Waals surface area contributed by atoms with Crippen LogP contribution in [0, 0.1) is 18.3 Å². The summed E-state index contributed by atoms with van der Waals surface area (Å²) in [5.41, 5.74) is 4.89. The number of rotatable bonds is 8. The number of hydrogen-bond donors (Lipinski definition) is 2. The summed E-state index contributed by atoms with van der Waals surface area (Å²) in [4.78, 5) is 12.9. The van der Waals surface area contributed by atoms with Crippen molar-refractivity contribution in [2.24, 2.45) is 0 Å². The number of aryl methyl sites for hydroxylation is 1. The Kier molecular flexibility index (Phi) is 7.56. The molecular formula is C29H30N6O4S. The lowest BCUT2D eigenvalue weighted by Gasteiger charge is -2.33. The van der Waals surface area contributed by atoms with Gasteiger partial charge in [-0.2, -0.15) is 5.26 Å². The summed E-state index contributed by atoms with van der Waals surface area (Å²) in [7, 11) is 3.10. The van der Waals surface area contributed by atoms with Crippen LogP contribution in [-0.4, -0.2) is 46.1 Å². The van der Waals surface area contributed by atoms with Crippen LogP contribution in [0.25, 0.3) is 5.65 Å². The van der Waals surface area contributed by atoms with Gasteiger partial charge in [-0.3, -0.25) is 9.20 Å². The second-order valence-corrected chi connectivity index (χ2v) is 11.0. The van der Waals surface area contributed by atoms with Crippen LogP contribution >= 0.6 is 11.8 Å². The fraction of sp³-hybridized carbons (Fsp3) is 0.310. The quantitative estimate of drug-likeness (QED) is 0.279. The van der Waals surface area contributed by atoms with Gasteiger partial charge in [0.1, 0.15) is 23.4 Å². The lowest BCUT2D eigenvalue weighted by atomic mass is 9.89. The highest BCUT2D eigenvalue weighted by atomic mass is 32.2. The lowest BCUT2D eigenvalue weighted by Crippen LogP contribution is -2.33. The van der Waals surface area contributed by atoms with E-state index in [1.807, 2.05) is 49.4 Å². The van der Waals surface area contributed by atoms with Gasteiger partial charge in [-0.15, -0.1) is 10.2 Å². The van der Waals surface area contributed by atoms with E-state index in [-0.39, 0.29) is 11.7 Å². The Labute approximate surface area is 236 Å². The first-order valence-corrected chi connectivity index (χ1v) is 13.7.